The molecule has 1 aliphatic carbocycles. The summed E-state index contributed by atoms with van der Waals surface area (Å²) in [6.07, 6.45) is 9.67. The zero-order valence-corrected chi connectivity index (χ0v) is 26.0. The molecule has 1 saturated carbocycles. The monoisotopic (exact) mass is 607 g/mol. The number of carbonyl (C=O) groups is 2. The molecule has 12 nitrogen and oxygen atoms in total. The highest BCUT2D eigenvalue weighted by molar-refractivity contribution is 6.04. The van der Waals surface area contributed by atoms with Gasteiger partial charge < -0.3 is 40.3 Å². The molecule has 0 radical (unpaired) electrons. The zero-order valence-electron chi connectivity index (χ0n) is 26.0. The number of hydrogen-bond donors (Lipinski definition) is 4. The molecule has 3 aliphatic heterocycles. The number of anilines is 4. The third kappa shape index (κ3) is 5.70. The molecule has 4 heterocycles. The lowest BCUT2D eigenvalue weighted by Gasteiger charge is -2.43. The van der Waals surface area contributed by atoms with Gasteiger partial charge in [-0.2, -0.15) is 4.98 Å². The van der Waals surface area contributed by atoms with Crippen molar-refractivity contribution in [2.75, 3.05) is 55.6 Å². The molecule has 1 aromatic heterocycles. The minimum atomic E-state index is -0.625. The summed E-state index contributed by atoms with van der Waals surface area (Å²) in [6.45, 7) is 4.16. The van der Waals surface area contributed by atoms with Crippen LogP contribution in [0.4, 0.5) is 23.1 Å². The highest BCUT2D eigenvalue weighted by Crippen LogP contribution is 2.42. The lowest BCUT2D eigenvalue weighted by Crippen LogP contribution is -2.55. The van der Waals surface area contributed by atoms with Gasteiger partial charge in [0.15, 0.2) is 5.82 Å². The number of benzene rings is 1. The van der Waals surface area contributed by atoms with Crippen LogP contribution in [0.3, 0.4) is 0 Å². The fourth-order valence-electron chi connectivity index (χ4n) is 7.54. The van der Waals surface area contributed by atoms with E-state index in [4.69, 9.17) is 14.5 Å². The van der Waals surface area contributed by atoms with E-state index < -0.39 is 5.54 Å². The van der Waals surface area contributed by atoms with Gasteiger partial charge >= 0.3 is 0 Å². The van der Waals surface area contributed by atoms with Crippen molar-refractivity contribution in [2.45, 2.75) is 87.9 Å². The van der Waals surface area contributed by atoms with Gasteiger partial charge in [-0.15, -0.1) is 0 Å². The average molecular weight is 608 g/mol. The minimum absolute atomic E-state index is 0.0357. The van der Waals surface area contributed by atoms with Gasteiger partial charge in [0, 0.05) is 31.7 Å². The summed E-state index contributed by atoms with van der Waals surface area (Å²) in [5.41, 5.74) is 0.878. The topological polar surface area (TPSA) is 141 Å². The SMILES string of the molecule is CC[C@@H]1C(=O)N(C)c2cnc(Nc3ccc(C(=O)NC4(CCO)COC5(CCNCC5)C4)cc3OC)nc2N1C1CCCC1. The van der Waals surface area contributed by atoms with Crippen molar-refractivity contribution >= 4 is 35.0 Å². The smallest absolute Gasteiger partial charge is 0.251 e. The lowest BCUT2D eigenvalue weighted by molar-refractivity contribution is -0.120. The molecular formula is C32H45N7O5. The summed E-state index contributed by atoms with van der Waals surface area (Å²) in [6, 6.07) is 5.24. The van der Waals surface area contributed by atoms with Crippen LogP contribution >= 0.6 is 0 Å². The van der Waals surface area contributed by atoms with Crippen LogP contribution in [0.25, 0.3) is 0 Å². The Kier molecular flexibility index (Phi) is 8.67. The second kappa shape index (κ2) is 12.5. The summed E-state index contributed by atoms with van der Waals surface area (Å²) in [5.74, 6) is 1.45. The van der Waals surface area contributed by atoms with Crippen LogP contribution in [0.5, 0.6) is 5.75 Å². The summed E-state index contributed by atoms with van der Waals surface area (Å²) in [4.78, 5) is 40.1. The van der Waals surface area contributed by atoms with E-state index in [-0.39, 0.29) is 36.1 Å². The van der Waals surface area contributed by atoms with Crippen LogP contribution in [0.15, 0.2) is 24.4 Å². The number of aliphatic hydroxyl groups is 1. The molecule has 1 unspecified atom stereocenters. The number of piperidine rings is 1. The molecular weight excluding hydrogens is 562 g/mol. The number of nitrogens with one attached hydrogen (secondary N) is 3. The molecule has 2 saturated heterocycles. The van der Waals surface area contributed by atoms with Crippen LogP contribution in [0, 0.1) is 0 Å². The van der Waals surface area contributed by atoms with Gasteiger partial charge in [0.05, 0.1) is 36.7 Å². The fraction of sp³-hybridized carbons (Fsp3) is 0.625. The number of aliphatic hydroxyl groups excluding tert-OH is 1. The van der Waals surface area contributed by atoms with Gasteiger partial charge in [0.1, 0.15) is 17.5 Å². The normalized spacial score (nSPS) is 24.9. The number of methoxy groups -OCH3 is 1. The van der Waals surface area contributed by atoms with Gasteiger partial charge in [-0.25, -0.2) is 4.98 Å². The van der Waals surface area contributed by atoms with Crippen LogP contribution < -0.4 is 30.5 Å². The van der Waals surface area contributed by atoms with E-state index in [2.05, 4.69) is 25.8 Å². The number of carbonyl (C=O) groups excluding carboxylic acids is 2. The molecule has 1 spiro atoms. The van der Waals surface area contributed by atoms with Crippen molar-refractivity contribution < 1.29 is 24.2 Å². The third-order valence-corrected chi connectivity index (χ3v) is 9.92. The van der Waals surface area contributed by atoms with Gasteiger partial charge in [-0.1, -0.05) is 19.8 Å². The molecule has 2 aromatic rings. The van der Waals surface area contributed by atoms with Crippen molar-refractivity contribution in [1.82, 2.24) is 20.6 Å². The first-order valence-electron chi connectivity index (χ1n) is 16.0. The minimum Gasteiger partial charge on any atom is -0.495 e. The van der Waals surface area contributed by atoms with E-state index in [0.717, 1.165) is 57.4 Å². The molecule has 2 amide bonds. The Morgan fingerprint density at radius 2 is 2.02 bits per heavy atom. The summed E-state index contributed by atoms with van der Waals surface area (Å²) < 4.78 is 12.0. The standard InChI is InChI=1S/C32H45N7O5/c1-4-24-29(42)38(2)25-18-34-30(36-27(25)39(24)22-7-5-6-8-22)35-23-10-9-21(17-26(23)43-3)28(41)37-31(13-16-40)19-32(44-20-31)11-14-33-15-12-32/h9-10,17-18,22,24,33,40H,4-8,11-16,19-20H2,1-3H3,(H,37,41)(H,34,35,36)/t24-,31?/m1/s1. The number of ether oxygens (including phenoxy) is 2. The molecule has 44 heavy (non-hydrogen) atoms. The van der Waals surface area contributed by atoms with Crippen LogP contribution in [0.2, 0.25) is 0 Å². The first-order valence-corrected chi connectivity index (χ1v) is 16.0. The van der Waals surface area contributed by atoms with E-state index in [1.54, 1.807) is 43.5 Å². The van der Waals surface area contributed by atoms with Crippen LogP contribution in [-0.2, 0) is 9.53 Å². The zero-order chi connectivity index (χ0) is 30.9. The Bertz CT molecular complexity index is 1380. The van der Waals surface area contributed by atoms with Crippen LogP contribution in [-0.4, -0.2) is 90.6 Å². The number of amides is 2. The maximum Gasteiger partial charge on any atom is 0.251 e. The summed E-state index contributed by atoms with van der Waals surface area (Å²) >= 11 is 0. The van der Waals surface area contributed by atoms with Gasteiger partial charge in [0.25, 0.3) is 5.91 Å². The van der Waals surface area contributed by atoms with Gasteiger partial charge in [-0.3, -0.25) is 9.59 Å². The second-order valence-corrected chi connectivity index (χ2v) is 12.7. The molecule has 6 rings (SSSR count). The summed E-state index contributed by atoms with van der Waals surface area (Å²) in [5, 5.41) is 19.7. The maximum absolute atomic E-state index is 13.5. The quantitative estimate of drug-likeness (QED) is 0.336. The number of aromatic nitrogens is 2. The molecule has 12 heteroatoms. The Labute approximate surface area is 258 Å². The molecule has 4 aliphatic rings. The average Bonchev–Trinajstić information content (AvgIpc) is 3.68. The first-order chi connectivity index (χ1) is 21.3. The number of fused-ring (bicyclic) bond motifs is 1. The lowest BCUT2D eigenvalue weighted by atomic mass is 9.81. The van der Waals surface area contributed by atoms with Crippen molar-refractivity contribution in [3.63, 3.8) is 0 Å². The Hall–Kier alpha value is -3.48. The Morgan fingerprint density at radius 3 is 2.73 bits per heavy atom. The van der Waals surface area contributed by atoms with Crippen molar-refractivity contribution in [3.8, 4) is 5.75 Å². The number of likely N-dealkylation sites (N-methyl/N-ethyl adjacent to an activating group) is 1. The molecule has 3 fully saturated rings. The van der Waals surface area contributed by atoms with Gasteiger partial charge in [0.2, 0.25) is 11.9 Å². The first kappa shape index (κ1) is 30.5. The van der Waals surface area contributed by atoms with E-state index in [0.29, 0.717) is 54.5 Å². The van der Waals surface area contributed by atoms with E-state index in [1.165, 1.54) is 0 Å². The van der Waals surface area contributed by atoms with E-state index in [9.17, 15) is 14.7 Å². The number of rotatable bonds is 9. The maximum atomic E-state index is 13.5. The molecule has 0 bridgehead atoms. The Morgan fingerprint density at radius 1 is 1.25 bits per heavy atom. The number of hydrogen-bond acceptors (Lipinski definition) is 10. The van der Waals surface area contributed by atoms with Crippen molar-refractivity contribution in [2.24, 2.45) is 0 Å². The molecule has 238 valence electrons. The fourth-order valence-corrected chi connectivity index (χ4v) is 7.54. The predicted molar refractivity (Wildman–Crippen MR) is 168 cm³/mol. The van der Waals surface area contributed by atoms with Crippen molar-refractivity contribution in [1.29, 1.82) is 0 Å². The molecule has 2 atom stereocenters. The summed E-state index contributed by atoms with van der Waals surface area (Å²) in [7, 11) is 3.34. The largest absolute Gasteiger partial charge is 0.495 e. The van der Waals surface area contributed by atoms with Crippen LogP contribution in [0.1, 0.15) is 75.1 Å². The highest BCUT2D eigenvalue weighted by atomic mass is 16.5. The Balaban J connectivity index is 1.22. The van der Waals surface area contributed by atoms with E-state index in [1.807, 2.05) is 6.92 Å². The highest BCUT2D eigenvalue weighted by Gasteiger charge is 2.50. The van der Waals surface area contributed by atoms with E-state index >= 15 is 0 Å². The molecule has 4 N–H and O–H groups in total. The molecule has 1 aromatic carbocycles. The second-order valence-electron chi connectivity index (χ2n) is 12.7. The third-order valence-electron chi connectivity index (χ3n) is 9.92. The van der Waals surface area contributed by atoms with Crippen molar-refractivity contribution in [3.05, 3.63) is 30.0 Å². The van der Waals surface area contributed by atoms with Gasteiger partial charge in [-0.05, 0) is 69.8 Å². The number of nitrogens with zero attached hydrogens (tertiary/aromatic N) is 4. The predicted octanol–water partition coefficient (Wildman–Crippen LogP) is 3.13.